The standard InChI is InChI=1S/C60H38N4/c1-6-18-37(19-7-1)44-36-45-58-57(52(44)38-20-8-2-9-21-38)43-29-17-16-28-42(43)56-51-35-33-49(63-51)54(40-24-12-4-13-25-40)47-31-30-46(61-47)53(39-22-10-3-11-23-39)48-32-34-50(62-48)55(59(45)64-60(56)58)41-26-14-5-15-27-41/h1-36,62-63H. The van der Waals surface area contributed by atoms with Crippen molar-refractivity contribution in [2.24, 2.45) is 0 Å². The highest BCUT2D eigenvalue weighted by molar-refractivity contribution is 6.38. The van der Waals surface area contributed by atoms with E-state index >= 15 is 0 Å². The first-order valence-electron chi connectivity index (χ1n) is 21.8. The molecule has 0 radical (unpaired) electrons. The van der Waals surface area contributed by atoms with Crippen LogP contribution in [0.4, 0.5) is 0 Å². The molecule has 0 fully saturated rings. The molecule has 1 aliphatic rings. The minimum Gasteiger partial charge on any atom is -0.354 e. The maximum atomic E-state index is 5.93. The summed E-state index contributed by atoms with van der Waals surface area (Å²) in [6, 6.07) is 73.8. The Balaban J connectivity index is 1.33. The van der Waals surface area contributed by atoms with Crippen LogP contribution < -0.4 is 0 Å². The first kappa shape index (κ1) is 36.1. The van der Waals surface area contributed by atoms with Gasteiger partial charge in [0.15, 0.2) is 0 Å². The number of H-pyrrole nitrogens is 2. The second-order valence-electron chi connectivity index (χ2n) is 16.6. The lowest BCUT2D eigenvalue weighted by atomic mass is 9.85. The van der Waals surface area contributed by atoms with E-state index in [0.29, 0.717) is 0 Å². The summed E-state index contributed by atoms with van der Waals surface area (Å²) in [4.78, 5) is 19.3. The topological polar surface area (TPSA) is 57.4 Å². The summed E-state index contributed by atoms with van der Waals surface area (Å²) in [5, 5.41) is 6.84. The van der Waals surface area contributed by atoms with Gasteiger partial charge in [0.1, 0.15) is 0 Å². The zero-order valence-electron chi connectivity index (χ0n) is 34.7. The van der Waals surface area contributed by atoms with Gasteiger partial charge < -0.3 is 9.97 Å². The van der Waals surface area contributed by atoms with E-state index in [9.17, 15) is 0 Å². The zero-order valence-corrected chi connectivity index (χ0v) is 34.7. The number of hydrogen-bond donors (Lipinski definition) is 2. The lowest BCUT2D eigenvalue weighted by Gasteiger charge is -2.17. The Kier molecular flexibility index (Phi) is 8.18. The number of rotatable bonds is 5. The fourth-order valence-electron chi connectivity index (χ4n) is 10.2. The molecule has 8 aromatic carbocycles. The molecule has 0 atom stereocenters. The predicted octanol–water partition coefficient (Wildman–Crippen LogP) is 16.0. The fourth-order valence-corrected chi connectivity index (χ4v) is 10.2. The highest BCUT2D eigenvalue weighted by atomic mass is 14.8. The van der Waals surface area contributed by atoms with Gasteiger partial charge in [0.2, 0.25) is 0 Å². The number of hydrogen-bond acceptors (Lipinski definition) is 2. The van der Waals surface area contributed by atoms with Crippen LogP contribution in [-0.2, 0) is 0 Å². The van der Waals surface area contributed by atoms with Crippen LogP contribution >= 0.6 is 0 Å². The lowest BCUT2D eigenvalue weighted by molar-refractivity contribution is 1.32. The van der Waals surface area contributed by atoms with E-state index in [1.165, 1.54) is 27.5 Å². The van der Waals surface area contributed by atoms with Crippen molar-refractivity contribution in [1.29, 1.82) is 0 Å². The van der Waals surface area contributed by atoms with Crippen LogP contribution in [0.5, 0.6) is 0 Å². The monoisotopic (exact) mass is 814 g/mol. The number of nitrogens with one attached hydrogen (secondary N) is 2. The fraction of sp³-hybridized carbons (Fsp3) is 0. The Morgan fingerprint density at radius 2 is 0.688 bits per heavy atom. The van der Waals surface area contributed by atoms with Crippen molar-refractivity contribution in [2.75, 3.05) is 0 Å². The van der Waals surface area contributed by atoms with Crippen LogP contribution in [0.25, 0.3) is 133 Å². The van der Waals surface area contributed by atoms with Gasteiger partial charge in [0, 0.05) is 60.3 Å². The summed E-state index contributed by atoms with van der Waals surface area (Å²) in [5.41, 5.74) is 18.7. The molecule has 2 N–H and O–H groups in total. The molecule has 4 nitrogen and oxygen atoms in total. The molecule has 4 heteroatoms. The molecule has 0 unspecified atom stereocenters. The van der Waals surface area contributed by atoms with Gasteiger partial charge >= 0.3 is 0 Å². The van der Waals surface area contributed by atoms with Crippen LogP contribution in [0.1, 0.15) is 11.4 Å². The van der Waals surface area contributed by atoms with E-state index in [-0.39, 0.29) is 0 Å². The molecule has 0 aliphatic carbocycles. The normalized spacial score (nSPS) is 12.0. The Labute approximate surface area is 369 Å². The highest BCUT2D eigenvalue weighted by Crippen LogP contribution is 2.50. The van der Waals surface area contributed by atoms with Gasteiger partial charge in [0.05, 0.1) is 22.4 Å². The van der Waals surface area contributed by atoms with Crippen molar-refractivity contribution < 1.29 is 0 Å². The highest BCUT2D eigenvalue weighted by Gasteiger charge is 2.25. The van der Waals surface area contributed by atoms with Gasteiger partial charge in [-0.15, -0.1) is 0 Å². The van der Waals surface area contributed by atoms with Crippen molar-refractivity contribution in [2.45, 2.75) is 0 Å². The number of benzene rings is 8. The summed E-state index contributed by atoms with van der Waals surface area (Å²) in [7, 11) is 0. The van der Waals surface area contributed by atoms with Crippen LogP contribution in [0.15, 0.2) is 206 Å². The molecule has 0 spiro atoms. The maximum absolute atomic E-state index is 5.93. The Morgan fingerprint density at radius 1 is 0.281 bits per heavy atom. The summed E-state index contributed by atoms with van der Waals surface area (Å²) in [6.45, 7) is 0. The van der Waals surface area contributed by atoms with E-state index in [4.69, 9.17) is 9.97 Å². The number of aromatic nitrogens is 4. The maximum Gasteiger partial charge on any atom is 0.0822 e. The molecule has 4 aromatic heterocycles. The molecule has 0 amide bonds. The van der Waals surface area contributed by atoms with Crippen molar-refractivity contribution in [3.8, 4) is 55.6 Å². The van der Waals surface area contributed by atoms with Crippen LogP contribution in [0, 0.1) is 0 Å². The average Bonchev–Trinajstić information content (AvgIpc) is 4.20. The molecule has 64 heavy (non-hydrogen) atoms. The number of fused-ring (bicyclic) bond motifs is 12. The Bertz CT molecular complexity index is 3910. The third kappa shape index (κ3) is 5.63. The summed E-state index contributed by atoms with van der Waals surface area (Å²) in [5.74, 6) is 0. The molecule has 0 saturated heterocycles. The second kappa shape index (κ2) is 14.5. The van der Waals surface area contributed by atoms with E-state index in [0.717, 1.165) is 105 Å². The zero-order chi connectivity index (χ0) is 42.1. The van der Waals surface area contributed by atoms with Crippen molar-refractivity contribution in [3.05, 3.63) is 218 Å². The summed E-state index contributed by atoms with van der Waals surface area (Å²) >= 11 is 0. The van der Waals surface area contributed by atoms with Gasteiger partial charge in [-0.3, -0.25) is 0 Å². The van der Waals surface area contributed by atoms with E-state index in [1.54, 1.807) is 0 Å². The third-order valence-corrected chi connectivity index (χ3v) is 12.9. The van der Waals surface area contributed by atoms with Crippen LogP contribution in [-0.4, -0.2) is 19.9 Å². The van der Waals surface area contributed by atoms with Gasteiger partial charge in [-0.1, -0.05) is 176 Å². The smallest absolute Gasteiger partial charge is 0.0822 e. The van der Waals surface area contributed by atoms with Crippen molar-refractivity contribution in [1.82, 2.24) is 19.9 Å². The first-order valence-corrected chi connectivity index (χ1v) is 21.8. The Morgan fingerprint density at radius 3 is 1.22 bits per heavy atom. The van der Waals surface area contributed by atoms with Gasteiger partial charge in [-0.25, -0.2) is 9.97 Å². The Hall–Kier alpha value is -8.60. The minimum absolute atomic E-state index is 0.895. The molecule has 13 rings (SSSR count). The molecule has 0 saturated carbocycles. The lowest BCUT2D eigenvalue weighted by Crippen LogP contribution is -1.91. The second-order valence-corrected chi connectivity index (χ2v) is 16.6. The van der Waals surface area contributed by atoms with E-state index in [1.807, 2.05) is 0 Å². The molecular formula is C60H38N4. The SMILES string of the molecule is C1=Cc2nc1c(-c1ccccc1)c1ccc([nH]1)c(-c1ccccc1)c1nc3c(c4ccc([nH]4)c2-c2ccccc2)c2ccccc2c2c(-c4ccccc4)c(-c4ccccc4)cc1c32. The van der Waals surface area contributed by atoms with Crippen molar-refractivity contribution in [3.63, 3.8) is 0 Å². The van der Waals surface area contributed by atoms with E-state index < -0.39 is 0 Å². The van der Waals surface area contributed by atoms with Crippen molar-refractivity contribution >= 4 is 77.6 Å². The summed E-state index contributed by atoms with van der Waals surface area (Å²) in [6.07, 6.45) is 4.32. The minimum atomic E-state index is 0.895. The molecular weight excluding hydrogens is 777 g/mol. The average molecular weight is 815 g/mol. The molecule has 5 heterocycles. The molecule has 8 bridgehead atoms. The van der Waals surface area contributed by atoms with Gasteiger partial charge in [-0.05, 0) is 92.2 Å². The first-order chi connectivity index (χ1) is 31.8. The summed E-state index contributed by atoms with van der Waals surface area (Å²) < 4.78 is 0. The van der Waals surface area contributed by atoms with Gasteiger partial charge in [0.25, 0.3) is 0 Å². The van der Waals surface area contributed by atoms with E-state index in [2.05, 4.69) is 228 Å². The molecule has 1 aliphatic heterocycles. The predicted molar refractivity (Wildman–Crippen MR) is 270 cm³/mol. The largest absolute Gasteiger partial charge is 0.354 e. The molecule has 298 valence electrons. The van der Waals surface area contributed by atoms with Crippen LogP contribution in [0.2, 0.25) is 0 Å². The third-order valence-electron chi connectivity index (χ3n) is 12.9. The van der Waals surface area contributed by atoms with Gasteiger partial charge in [-0.2, -0.15) is 0 Å². The van der Waals surface area contributed by atoms with Crippen LogP contribution in [0.3, 0.4) is 0 Å². The quantitative estimate of drug-likeness (QED) is 0.170. The molecule has 12 aromatic rings. The number of nitrogens with zero attached hydrogens (tertiary/aromatic N) is 2. The number of aromatic amines is 2.